The Balaban J connectivity index is 2.45. The SMILES string of the molecule is C=CCSc1oc2ccccc2c(=O)c1CCCCC. The lowest BCUT2D eigenvalue weighted by atomic mass is 10.1. The monoisotopic (exact) mass is 288 g/mol. The molecule has 1 aromatic carbocycles. The number of thioether (sulfide) groups is 1. The minimum absolute atomic E-state index is 0.120. The third-order valence-electron chi connectivity index (χ3n) is 3.22. The van der Waals surface area contributed by atoms with Gasteiger partial charge in [-0.2, -0.15) is 0 Å². The summed E-state index contributed by atoms with van der Waals surface area (Å²) >= 11 is 1.55. The Hall–Kier alpha value is -1.48. The minimum atomic E-state index is 0.120. The molecule has 2 aromatic rings. The van der Waals surface area contributed by atoms with Gasteiger partial charge in [0.05, 0.1) is 5.39 Å². The van der Waals surface area contributed by atoms with Crippen molar-refractivity contribution in [1.82, 2.24) is 0 Å². The number of hydrogen-bond donors (Lipinski definition) is 0. The highest BCUT2D eigenvalue weighted by Gasteiger charge is 2.13. The maximum Gasteiger partial charge on any atom is 0.197 e. The second-order valence-corrected chi connectivity index (χ2v) is 5.74. The molecule has 0 bridgehead atoms. The van der Waals surface area contributed by atoms with Gasteiger partial charge >= 0.3 is 0 Å². The first-order valence-corrected chi connectivity index (χ1v) is 8.05. The van der Waals surface area contributed by atoms with E-state index < -0.39 is 0 Å². The Bertz CT molecular complexity index is 643. The maximum atomic E-state index is 12.6. The molecule has 0 unspecified atom stereocenters. The van der Waals surface area contributed by atoms with Crippen molar-refractivity contribution in [2.75, 3.05) is 5.75 Å². The van der Waals surface area contributed by atoms with Crippen LogP contribution in [0.1, 0.15) is 31.7 Å². The van der Waals surface area contributed by atoms with Gasteiger partial charge in [0.2, 0.25) is 0 Å². The number of hydrogen-bond acceptors (Lipinski definition) is 3. The predicted octanol–water partition coefficient (Wildman–Crippen LogP) is 4.80. The largest absolute Gasteiger partial charge is 0.449 e. The molecule has 1 heterocycles. The van der Waals surface area contributed by atoms with E-state index in [2.05, 4.69) is 13.5 Å². The summed E-state index contributed by atoms with van der Waals surface area (Å²) in [5, 5.41) is 1.44. The van der Waals surface area contributed by atoms with Gasteiger partial charge in [-0.15, -0.1) is 6.58 Å². The molecule has 20 heavy (non-hydrogen) atoms. The van der Waals surface area contributed by atoms with Gasteiger partial charge in [0.15, 0.2) is 10.5 Å². The molecule has 0 N–H and O–H groups in total. The molecular formula is C17H20O2S. The molecule has 106 valence electrons. The molecule has 2 nitrogen and oxygen atoms in total. The first-order valence-electron chi connectivity index (χ1n) is 7.06. The molecule has 3 heteroatoms. The first-order chi connectivity index (χ1) is 9.77. The van der Waals surface area contributed by atoms with Crippen LogP contribution in [0.3, 0.4) is 0 Å². The summed E-state index contributed by atoms with van der Waals surface area (Å²) in [7, 11) is 0. The molecule has 1 aromatic heterocycles. The number of unbranched alkanes of at least 4 members (excludes halogenated alkanes) is 2. The van der Waals surface area contributed by atoms with Crippen LogP contribution in [0.5, 0.6) is 0 Å². The van der Waals surface area contributed by atoms with Crippen molar-refractivity contribution >= 4 is 22.7 Å². The first kappa shape index (κ1) is 14.9. The average molecular weight is 288 g/mol. The van der Waals surface area contributed by atoms with Crippen LogP contribution in [0.4, 0.5) is 0 Å². The van der Waals surface area contributed by atoms with E-state index >= 15 is 0 Å². The molecule has 0 aliphatic heterocycles. The van der Waals surface area contributed by atoms with Gasteiger partial charge in [0, 0.05) is 11.3 Å². The highest BCUT2D eigenvalue weighted by molar-refractivity contribution is 7.99. The number of rotatable bonds is 7. The fourth-order valence-electron chi connectivity index (χ4n) is 2.18. The second-order valence-electron chi connectivity index (χ2n) is 4.75. The minimum Gasteiger partial charge on any atom is -0.449 e. The van der Waals surface area contributed by atoms with Crippen molar-refractivity contribution in [3.8, 4) is 0 Å². The Labute approximate surface area is 123 Å². The predicted molar refractivity (Wildman–Crippen MR) is 86.6 cm³/mol. The van der Waals surface area contributed by atoms with Crippen LogP contribution in [0, 0.1) is 0 Å². The third-order valence-corrected chi connectivity index (χ3v) is 4.21. The Morgan fingerprint density at radius 1 is 1.30 bits per heavy atom. The van der Waals surface area contributed by atoms with Crippen molar-refractivity contribution in [2.24, 2.45) is 0 Å². The van der Waals surface area contributed by atoms with Gasteiger partial charge in [-0.25, -0.2) is 0 Å². The van der Waals surface area contributed by atoms with E-state index in [4.69, 9.17) is 4.42 Å². The van der Waals surface area contributed by atoms with Gasteiger partial charge in [-0.1, -0.05) is 49.7 Å². The highest BCUT2D eigenvalue weighted by atomic mass is 32.2. The molecule has 0 spiro atoms. The van der Waals surface area contributed by atoms with Gasteiger partial charge in [0.25, 0.3) is 0 Å². The fourth-order valence-corrected chi connectivity index (χ4v) is 2.97. The van der Waals surface area contributed by atoms with Gasteiger partial charge in [0.1, 0.15) is 5.58 Å². The topological polar surface area (TPSA) is 30.2 Å². The lowest BCUT2D eigenvalue weighted by Crippen LogP contribution is -2.11. The number of fused-ring (bicyclic) bond motifs is 1. The zero-order valence-corrected chi connectivity index (χ0v) is 12.7. The zero-order valence-electron chi connectivity index (χ0n) is 11.9. The Morgan fingerprint density at radius 2 is 2.10 bits per heavy atom. The van der Waals surface area contributed by atoms with E-state index in [0.29, 0.717) is 11.0 Å². The number of para-hydroxylation sites is 1. The molecule has 0 atom stereocenters. The fraction of sp³-hybridized carbons (Fsp3) is 0.353. The van der Waals surface area contributed by atoms with Crippen LogP contribution in [0.25, 0.3) is 11.0 Å². The molecule has 0 aliphatic rings. The van der Waals surface area contributed by atoms with E-state index in [1.165, 1.54) is 0 Å². The number of benzene rings is 1. The van der Waals surface area contributed by atoms with E-state index in [1.54, 1.807) is 11.8 Å². The average Bonchev–Trinajstić information content (AvgIpc) is 2.48. The van der Waals surface area contributed by atoms with Crippen molar-refractivity contribution in [2.45, 2.75) is 37.7 Å². The summed E-state index contributed by atoms with van der Waals surface area (Å²) in [6.07, 6.45) is 5.93. The smallest absolute Gasteiger partial charge is 0.197 e. The van der Waals surface area contributed by atoms with Crippen LogP contribution in [0.15, 0.2) is 51.2 Å². The van der Waals surface area contributed by atoms with Crippen molar-refractivity contribution < 1.29 is 4.42 Å². The van der Waals surface area contributed by atoms with Crippen molar-refractivity contribution in [3.63, 3.8) is 0 Å². The maximum absolute atomic E-state index is 12.6. The van der Waals surface area contributed by atoms with Crippen LogP contribution in [0.2, 0.25) is 0 Å². The quantitative estimate of drug-likeness (QED) is 0.416. The van der Waals surface area contributed by atoms with Crippen LogP contribution >= 0.6 is 11.8 Å². The molecule has 2 rings (SSSR count). The van der Waals surface area contributed by atoms with Gasteiger partial charge in [-0.3, -0.25) is 4.79 Å². The van der Waals surface area contributed by atoms with E-state index in [0.717, 1.165) is 42.1 Å². The van der Waals surface area contributed by atoms with E-state index in [1.807, 2.05) is 30.3 Å². The summed E-state index contributed by atoms with van der Waals surface area (Å²) in [6.45, 7) is 5.89. The molecular weight excluding hydrogens is 268 g/mol. The summed E-state index contributed by atoms with van der Waals surface area (Å²) in [4.78, 5) is 12.6. The summed E-state index contributed by atoms with van der Waals surface area (Å²) in [5.74, 6) is 0.752. The summed E-state index contributed by atoms with van der Waals surface area (Å²) < 4.78 is 5.92. The standard InChI is InChI=1S/C17H20O2S/c1-3-5-6-10-14-16(18)13-9-7-8-11-15(13)19-17(14)20-12-4-2/h4,7-9,11H,2-3,5-6,10,12H2,1H3. The Kier molecular flexibility index (Phi) is 5.48. The van der Waals surface area contributed by atoms with Crippen LogP contribution < -0.4 is 5.43 Å². The summed E-state index contributed by atoms with van der Waals surface area (Å²) in [5.41, 5.74) is 1.61. The lowest BCUT2D eigenvalue weighted by molar-refractivity contribution is 0.484. The summed E-state index contributed by atoms with van der Waals surface area (Å²) in [6, 6.07) is 7.46. The normalized spacial score (nSPS) is 10.8. The highest BCUT2D eigenvalue weighted by Crippen LogP contribution is 2.26. The Morgan fingerprint density at radius 3 is 2.85 bits per heavy atom. The van der Waals surface area contributed by atoms with Crippen molar-refractivity contribution in [1.29, 1.82) is 0 Å². The van der Waals surface area contributed by atoms with Gasteiger partial charge < -0.3 is 4.42 Å². The van der Waals surface area contributed by atoms with Crippen LogP contribution in [-0.2, 0) is 6.42 Å². The molecule has 0 saturated carbocycles. The molecule has 0 amide bonds. The van der Waals surface area contributed by atoms with Crippen molar-refractivity contribution in [3.05, 3.63) is 52.7 Å². The van der Waals surface area contributed by atoms with Crippen LogP contribution in [-0.4, -0.2) is 5.75 Å². The van der Waals surface area contributed by atoms with E-state index in [9.17, 15) is 4.79 Å². The van der Waals surface area contributed by atoms with E-state index in [-0.39, 0.29) is 5.43 Å². The molecule has 0 saturated heterocycles. The van der Waals surface area contributed by atoms with Gasteiger partial charge in [-0.05, 0) is 25.0 Å². The molecule has 0 fully saturated rings. The lowest BCUT2D eigenvalue weighted by Gasteiger charge is -2.08. The zero-order chi connectivity index (χ0) is 14.4. The molecule has 0 aliphatic carbocycles. The molecule has 0 radical (unpaired) electrons. The second kappa shape index (κ2) is 7.34. The third kappa shape index (κ3) is 3.34.